The monoisotopic (exact) mass is 581 g/mol. The van der Waals surface area contributed by atoms with Gasteiger partial charge in [0.2, 0.25) is 10.0 Å². The highest BCUT2D eigenvalue weighted by molar-refractivity contribution is 7.92. The Morgan fingerprint density at radius 1 is 0.778 bits per heavy atom. The van der Waals surface area contributed by atoms with Crippen LogP contribution in [-0.4, -0.2) is 29.0 Å². The third kappa shape index (κ3) is 7.03. The third-order valence-electron chi connectivity index (χ3n) is 4.46. The van der Waals surface area contributed by atoms with Crippen LogP contribution in [0.15, 0.2) is 65.6 Å². The van der Waals surface area contributed by atoms with Crippen LogP contribution in [0.5, 0.6) is 0 Å². The minimum atomic E-state index is -4.77. The van der Waals surface area contributed by atoms with Crippen molar-refractivity contribution < 1.29 is 34.8 Å². The maximum Gasteiger partial charge on any atom is 0.417 e. The summed E-state index contributed by atoms with van der Waals surface area (Å²) in [6.07, 6.45) is -3.82. The summed E-state index contributed by atoms with van der Waals surface area (Å²) in [6.45, 7) is 0. The molecule has 3 aromatic carbocycles. The van der Waals surface area contributed by atoms with Gasteiger partial charge < -0.3 is 5.32 Å². The molecule has 0 radical (unpaired) electrons. The van der Waals surface area contributed by atoms with Crippen molar-refractivity contribution in [2.24, 2.45) is 0 Å². The number of benzene rings is 3. The molecule has 0 aliphatic rings. The summed E-state index contributed by atoms with van der Waals surface area (Å²) in [5.74, 6) is -0.652. The second-order valence-corrected chi connectivity index (χ2v) is 11.6. The zero-order valence-corrected chi connectivity index (χ0v) is 21.2. The Hall–Kier alpha value is -3.00. The highest BCUT2D eigenvalue weighted by atomic mass is 35.5. The first-order valence-corrected chi connectivity index (χ1v) is 13.8. The molecule has 0 saturated heterocycles. The van der Waals surface area contributed by atoms with Gasteiger partial charge in [-0.2, -0.15) is 13.2 Å². The number of sulfonamides is 2. The van der Waals surface area contributed by atoms with Crippen LogP contribution in [0.3, 0.4) is 0 Å². The fraction of sp³-hybridized carbons (Fsp3) is 0.0952. The largest absolute Gasteiger partial charge is 0.417 e. The summed E-state index contributed by atoms with van der Waals surface area (Å²) in [4.78, 5) is 12.2. The summed E-state index contributed by atoms with van der Waals surface area (Å²) in [5.41, 5.74) is -1.16. The van der Waals surface area contributed by atoms with Gasteiger partial charge >= 0.3 is 6.18 Å². The lowest BCUT2D eigenvalue weighted by Crippen LogP contribution is -2.15. The Kier molecular flexibility index (Phi) is 7.79. The van der Waals surface area contributed by atoms with E-state index in [1.807, 2.05) is 4.72 Å². The van der Waals surface area contributed by atoms with Crippen LogP contribution >= 0.6 is 23.2 Å². The van der Waals surface area contributed by atoms with Crippen molar-refractivity contribution in [3.8, 4) is 0 Å². The van der Waals surface area contributed by atoms with Gasteiger partial charge in [0.15, 0.2) is 0 Å². The molecule has 0 saturated carbocycles. The molecule has 8 nitrogen and oxygen atoms in total. The zero-order valence-electron chi connectivity index (χ0n) is 18.0. The smallest absolute Gasteiger partial charge is 0.322 e. The van der Waals surface area contributed by atoms with Gasteiger partial charge in [0.05, 0.1) is 32.3 Å². The van der Waals surface area contributed by atoms with Crippen LogP contribution in [0, 0.1) is 0 Å². The van der Waals surface area contributed by atoms with E-state index < -0.39 is 42.7 Å². The highest BCUT2D eigenvalue weighted by Gasteiger charge is 2.33. The van der Waals surface area contributed by atoms with Gasteiger partial charge in [-0.25, -0.2) is 16.8 Å². The number of hydrogen-bond donors (Lipinski definition) is 3. The van der Waals surface area contributed by atoms with E-state index in [0.717, 1.165) is 30.5 Å². The summed E-state index contributed by atoms with van der Waals surface area (Å²) < 4.78 is 91.2. The molecule has 0 aliphatic heterocycles. The molecule has 0 bridgehead atoms. The van der Waals surface area contributed by atoms with E-state index >= 15 is 0 Å². The minimum absolute atomic E-state index is 0.0253. The van der Waals surface area contributed by atoms with E-state index in [-0.39, 0.29) is 32.5 Å². The van der Waals surface area contributed by atoms with E-state index in [1.165, 1.54) is 30.3 Å². The van der Waals surface area contributed by atoms with Crippen LogP contribution in [0.1, 0.15) is 15.9 Å². The SMILES string of the molecule is CS(=O)(=O)Nc1ccc(C(=O)Nc2ccc(S(=O)(=O)Nc3ccc(Cl)c(C(F)(F)F)c3)cc2)c(Cl)c1. The van der Waals surface area contributed by atoms with Crippen molar-refractivity contribution in [1.82, 2.24) is 0 Å². The van der Waals surface area contributed by atoms with E-state index in [0.29, 0.717) is 6.07 Å². The predicted molar refractivity (Wildman–Crippen MR) is 132 cm³/mol. The van der Waals surface area contributed by atoms with Crippen molar-refractivity contribution in [2.45, 2.75) is 11.1 Å². The lowest BCUT2D eigenvalue weighted by molar-refractivity contribution is -0.137. The van der Waals surface area contributed by atoms with E-state index in [4.69, 9.17) is 23.2 Å². The summed E-state index contributed by atoms with van der Waals surface area (Å²) in [5, 5.41) is 1.90. The van der Waals surface area contributed by atoms with Crippen LogP contribution in [-0.2, 0) is 26.2 Å². The van der Waals surface area contributed by atoms with Crippen LogP contribution in [0.4, 0.5) is 30.2 Å². The van der Waals surface area contributed by atoms with Crippen molar-refractivity contribution in [3.63, 3.8) is 0 Å². The molecule has 3 aromatic rings. The molecule has 0 fully saturated rings. The Morgan fingerprint density at radius 2 is 1.33 bits per heavy atom. The number of alkyl halides is 3. The molecule has 3 N–H and O–H groups in total. The summed E-state index contributed by atoms with van der Waals surface area (Å²) in [6, 6.07) is 11.3. The first kappa shape index (κ1) is 27.6. The maximum absolute atomic E-state index is 13.0. The molecule has 3 rings (SSSR count). The van der Waals surface area contributed by atoms with Crippen molar-refractivity contribution in [2.75, 3.05) is 21.0 Å². The molecule has 0 heterocycles. The van der Waals surface area contributed by atoms with Gasteiger partial charge in [-0.3, -0.25) is 14.2 Å². The molecule has 0 spiro atoms. The first-order chi connectivity index (χ1) is 16.5. The average Bonchev–Trinajstić information content (AvgIpc) is 2.73. The summed E-state index contributed by atoms with van der Waals surface area (Å²) >= 11 is 11.6. The number of halogens is 5. The van der Waals surface area contributed by atoms with E-state index in [9.17, 15) is 34.8 Å². The fourth-order valence-corrected chi connectivity index (χ4v) is 5.01. The first-order valence-electron chi connectivity index (χ1n) is 9.63. The van der Waals surface area contributed by atoms with Crippen molar-refractivity contribution >= 4 is 66.2 Å². The second-order valence-electron chi connectivity index (χ2n) is 7.35. The molecule has 36 heavy (non-hydrogen) atoms. The normalized spacial score (nSPS) is 12.2. The Morgan fingerprint density at radius 3 is 1.89 bits per heavy atom. The van der Waals surface area contributed by atoms with Gasteiger partial charge in [0, 0.05) is 17.1 Å². The summed E-state index contributed by atoms with van der Waals surface area (Å²) in [7, 11) is -7.80. The molecule has 192 valence electrons. The van der Waals surface area contributed by atoms with Gasteiger partial charge in [0.25, 0.3) is 15.9 Å². The Bertz CT molecular complexity index is 1530. The fourth-order valence-electron chi connectivity index (χ4n) is 2.91. The topological polar surface area (TPSA) is 121 Å². The predicted octanol–water partition coefficient (Wildman–Crippen LogP) is 5.44. The highest BCUT2D eigenvalue weighted by Crippen LogP contribution is 2.36. The number of amides is 1. The average molecular weight is 582 g/mol. The number of nitrogens with one attached hydrogen (secondary N) is 3. The number of rotatable bonds is 7. The number of anilines is 3. The zero-order chi connectivity index (χ0) is 26.9. The lowest BCUT2D eigenvalue weighted by Gasteiger charge is -2.13. The molecule has 1 amide bonds. The van der Waals surface area contributed by atoms with Crippen LogP contribution in [0.2, 0.25) is 10.0 Å². The Labute approximate surface area is 214 Å². The molecule has 0 atom stereocenters. The van der Waals surface area contributed by atoms with Crippen molar-refractivity contribution in [3.05, 3.63) is 81.8 Å². The van der Waals surface area contributed by atoms with Gasteiger partial charge in [-0.1, -0.05) is 23.2 Å². The molecule has 0 unspecified atom stereocenters. The van der Waals surface area contributed by atoms with Crippen molar-refractivity contribution in [1.29, 1.82) is 0 Å². The van der Waals surface area contributed by atoms with Gasteiger partial charge in [0.1, 0.15) is 0 Å². The van der Waals surface area contributed by atoms with E-state index in [1.54, 1.807) is 0 Å². The second kappa shape index (κ2) is 10.2. The third-order valence-corrected chi connectivity index (χ3v) is 7.11. The van der Waals surface area contributed by atoms with E-state index in [2.05, 4.69) is 10.0 Å². The number of hydrogen-bond acceptors (Lipinski definition) is 5. The molecule has 0 aromatic heterocycles. The van der Waals surface area contributed by atoms with Gasteiger partial charge in [-0.05, 0) is 60.7 Å². The lowest BCUT2D eigenvalue weighted by atomic mass is 10.2. The van der Waals surface area contributed by atoms with Crippen LogP contribution < -0.4 is 14.8 Å². The molecule has 15 heteroatoms. The minimum Gasteiger partial charge on any atom is -0.322 e. The quantitative estimate of drug-likeness (QED) is 0.343. The van der Waals surface area contributed by atoms with Crippen LogP contribution in [0.25, 0.3) is 0 Å². The number of carbonyl (C=O) groups excluding carboxylic acids is 1. The number of carbonyl (C=O) groups is 1. The Balaban J connectivity index is 1.74. The molecule has 0 aliphatic carbocycles. The standard InChI is InChI=1S/C21H16Cl2F3N3O5S2/c1-35(31,32)28-14-4-8-16(19(23)11-14)20(30)27-12-2-6-15(7-3-12)36(33,34)29-13-5-9-18(22)17(10-13)21(24,25)26/h2-11,28-29H,1H3,(H,27,30). The molecular formula is C21H16Cl2F3N3O5S2. The molecular weight excluding hydrogens is 566 g/mol. The van der Waals surface area contributed by atoms with Gasteiger partial charge in [-0.15, -0.1) is 0 Å². The maximum atomic E-state index is 13.0.